The zero-order valence-corrected chi connectivity index (χ0v) is 19.7. The largest absolute Gasteiger partial charge is 0.257 e. The van der Waals surface area contributed by atoms with E-state index in [1.54, 1.807) is 0 Å². The lowest BCUT2D eigenvalue weighted by molar-refractivity contribution is 0.504. The first-order chi connectivity index (χ1) is 12.8. The number of allylic oxidation sites excluding steroid dienone is 6. The Morgan fingerprint density at radius 2 is 1.89 bits per heavy atom. The molecule has 0 spiro atoms. The SMILES string of the molecule is C=C1N=C/C=C2/C=CC=C(C2)C(P)(P)c2cccc(C(C)(C)CC)c21.CC. The van der Waals surface area contributed by atoms with Gasteiger partial charge < -0.3 is 0 Å². The zero-order chi connectivity index (χ0) is 20.2. The van der Waals surface area contributed by atoms with Gasteiger partial charge in [-0.15, -0.1) is 18.5 Å². The van der Waals surface area contributed by atoms with Crippen molar-refractivity contribution in [3.63, 3.8) is 0 Å². The Morgan fingerprint density at radius 3 is 2.56 bits per heavy atom. The fraction of sp³-hybridized carbons (Fsp3) is 0.375. The van der Waals surface area contributed by atoms with Crippen LogP contribution in [0.3, 0.4) is 0 Å². The fourth-order valence-corrected chi connectivity index (χ4v) is 4.32. The van der Waals surface area contributed by atoms with Crippen LogP contribution in [0.2, 0.25) is 0 Å². The van der Waals surface area contributed by atoms with Crippen LogP contribution in [-0.2, 0) is 10.3 Å². The van der Waals surface area contributed by atoms with Gasteiger partial charge in [-0.2, -0.15) is 0 Å². The van der Waals surface area contributed by atoms with Crippen molar-refractivity contribution in [1.82, 2.24) is 0 Å². The number of rotatable bonds is 2. The molecule has 2 atom stereocenters. The molecule has 1 aliphatic heterocycles. The molecule has 0 amide bonds. The van der Waals surface area contributed by atoms with Crippen LogP contribution in [0.15, 0.2) is 65.2 Å². The van der Waals surface area contributed by atoms with E-state index in [9.17, 15) is 0 Å². The molecule has 2 aliphatic rings. The van der Waals surface area contributed by atoms with E-state index in [0.29, 0.717) is 0 Å². The predicted octanol–water partition coefficient (Wildman–Crippen LogP) is 7.17. The number of nitrogens with zero attached hydrogens (tertiary/aromatic N) is 1. The lowest BCUT2D eigenvalue weighted by atomic mass is 9.76. The van der Waals surface area contributed by atoms with Crippen LogP contribution in [0.25, 0.3) is 5.70 Å². The van der Waals surface area contributed by atoms with E-state index in [-0.39, 0.29) is 10.3 Å². The van der Waals surface area contributed by atoms with Crippen molar-refractivity contribution in [1.29, 1.82) is 0 Å². The summed E-state index contributed by atoms with van der Waals surface area (Å²) in [4.78, 5) is 4.45. The van der Waals surface area contributed by atoms with Gasteiger partial charge in [0.05, 0.1) is 5.70 Å². The summed E-state index contributed by atoms with van der Waals surface area (Å²) in [6.07, 6.45) is 12.5. The average Bonchev–Trinajstić information content (AvgIpc) is 2.68. The normalized spacial score (nSPS) is 19.9. The maximum Gasteiger partial charge on any atom is 0.0636 e. The predicted molar refractivity (Wildman–Crippen MR) is 130 cm³/mol. The van der Waals surface area contributed by atoms with E-state index < -0.39 is 0 Å². The summed E-state index contributed by atoms with van der Waals surface area (Å²) in [7, 11) is 6.12. The Bertz CT molecular complexity index is 836. The van der Waals surface area contributed by atoms with Gasteiger partial charge in [-0.05, 0) is 46.6 Å². The molecule has 0 saturated heterocycles. The van der Waals surface area contributed by atoms with Gasteiger partial charge >= 0.3 is 0 Å². The van der Waals surface area contributed by atoms with Gasteiger partial charge in [-0.25, -0.2) is 0 Å². The van der Waals surface area contributed by atoms with Crippen LogP contribution in [0, 0.1) is 0 Å². The topological polar surface area (TPSA) is 12.4 Å². The molecule has 3 heteroatoms. The van der Waals surface area contributed by atoms with Crippen LogP contribution in [-0.4, -0.2) is 6.21 Å². The number of aliphatic imine (C=N–C) groups is 1. The molecule has 0 fully saturated rings. The minimum atomic E-state index is -0.227. The summed E-state index contributed by atoms with van der Waals surface area (Å²) < 4.78 is 0. The van der Waals surface area contributed by atoms with E-state index in [1.165, 1.54) is 27.8 Å². The highest BCUT2D eigenvalue weighted by molar-refractivity contribution is 7.39. The Hall–Kier alpha value is -1.29. The molecule has 1 aromatic rings. The second-order valence-corrected chi connectivity index (χ2v) is 10.0. The average molecular weight is 397 g/mol. The summed E-state index contributed by atoms with van der Waals surface area (Å²) in [6, 6.07) is 6.62. The molecule has 0 radical (unpaired) electrons. The van der Waals surface area contributed by atoms with Gasteiger partial charge in [0, 0.05) is 16.7 Å². The van der Waals surface area contributed by atoms with E-state index in [1.807, 2.05) is 20.1 Å². The first-order valence-corrected chi connectivity index (χ1v) is 10.9. The molecule has 1 aliphatic carbocycles. The molecular formula is C24H33NP2. The van der Waals surface area contributed by atoms with Gasteiger partial charge in [-0.1, -0.05) is 77.6 Å². The molecule has 1 nitrogen and oxygen atoms in total. The number of hydrogen-bond acceptors (Lipinski definition) is 1. The molecule has 0 N–H and O–H groups in total. The van der Waals surface area contributed by atoms with Gasteiger partial charge in [-0.3, -0.25) is 4.99 Å². The minimum absolute atomic E-state index is 0.0706. The molecule has 144 valence electrons. The van der Waals surface area contributed by atoms with Crippen LogP contribution in [0.1, 0.15) is 64.2 Å². The second-order valence-electron chi connectivity index (χ2n) is 7.53. The summed E-state index contributed by atoms with van der Waals surface area (Å²) in [5, 5.41) is 0. The minimum Gasteiger partial charge on any atom is -0.257 e. The fourth-order valence-electron chi connectivity index (χ4n) is 3.45. The maximum absolute atomic E-state index is 4.68. The van der Waals surface area contributed by atoms with Gasteiger partial charge in [0.1, 0.15) is 0 Å². The van der Waals surface area contributed by atoms with E-state index in [4.69, 9.17) is 0 Å². The van der Waals surface area contributed by atoms with Gasteiger partial charge in [0.25, 0.3) is 0 Å². The Labute approximate surface area is 170 Å². The second kappa shape index (κ2) is 8.81. The highest BCUT2D eigenvalue weighted by Gasteiger charge is 2.33. The van der Waals surface area contributed by atoms with Gasteiger partial charge in [0.15, 0.2) is 0 Å². The first-order valence-electron chi connectivity index (χ1n) is 9.79. The van der Waals surface area contributed by atoms with Crippen molar-refractivity contribution in [2.24, 2.45) is 4.99 Å². The van der Waals surface area contributed by atoms with Crippen molar-refractivity contribution in [2.75, 3.05) is 0 Å². The van der Waals surface area contributed by atoms with E-state index in [2.05, 4.69) is 93.3 Å². The molecule has 2 bridgehead atoms. The third-order valence-corrected chi connectivity index (χ3v) is 6.83. The highest BCUT2D eigenvalue weighted by Crippen LogP contribution is 2.52. The summed E-state index contributed by atoms with van der Waals surface area (Å²) >= 11 is 0. The number of fused-ring (bicyclic) bond motifs is 3. The maximum atomic E-state index is 4.68. The molecule has 2 unspecified atom stereocenters. The van der Waals surface area contributed by atoms with Crippen LogP contribution in [0.5, 0.6) is 0 Å². The standard InChI is InChI=1S/C22H27NP2.C2H6/c1-5-21(3,4)18-10-7-11-19-20(18)15(2)23-13-12-16-8-6-9-17(14-16)22(19,24)25;1-2/h6-13H,2,5,14,24-25H2,1,3-4H3;1-2H3/b16-12-,23-13?;. The lowest BCUT2D eigenvalue weighted by Crippen LogP contribution is -2.23. The van der Waals surface area contributed by atoms with Crippen LogP contribution < -0.4 is 0 Å². The molecule has 27 heavy (non-hydrogen) atoms. The highest BCUT2D eigenvalue weighted by atomic mass is 31.1. The molecular weight excluding hydrogens is 364 g/mol. The summed E-state index contributed by atoms with van der Waals surface area (Å²) in [5.74, 6) is 0. The summed E-state index contributed by atoms with van der Waals surface area (Å²) in [6.45, 7) is 15.2. The number of hydrogen-bond donors (Lipinski definition) is 0. The van der Waals surface area contributed by atoms with E-state index >= 15 is 0 Å². The Kier molecular flexibility index (Phi) is 7.18. The molecule has 1 aromatic carbocycles. The molecule has 3 rings (SSSR count). The van der Waals surface area contributed by atoms with Crippen molar-refractivity contribution in [2.45, 2.75) is 57.8 Å². The zero-order valence-electron chi connectivity index (χ0n) is 17.3. The van der Waals surface area contributed by atoms with Gasteiger partial charge in [0.2, 0.25) is 0 Å². The van der Waals surface area contributed by atoms with Crippen molar-refractivity contribution >= 4 is 30.4 Å². The lowest BCUT2D eigenvalue weighted by Gasteiger charge is -2.35. The smallest absolute Gasteiger partial charge is 0.0636 e. The number of benzene rings is 1. The third-order valence-electron chi connectivity index (χ3n) is 5.46. The molecule has 1 heterocycles. The van der Waals surface area contributed by atoms with Crippen molar-refractivity contribution in [3.8, 4) is 0 Å². The molecule has 0 saturated carbocycles. The molecule has 0 aromatic heterocycles. The van der Waals surface area contributed by atoms with Crippen molar-refractivity contribution in [3.05, 3.63) is 76.9 Å². The first kappa shape index (κ1) is 22.0. The van der Waals surface area contributed by atoms with E-state index in [0.717, 1.165) is 18.5 Å². The third kappa shape index (κ3) is 4.42. The van der Waals surface area contributed by atoms with Crippen LogP contribution >= 0.6 is 18.5 Å². The monoisotopic (exact) mass is 397 g/mol. The summed E-state index contributed by atoms with van der Waals surface area (Å²) in [5.41, 5.74) is 7.31. The quantitative estimate of drug-likeness (QED) is 0.469. The van der Waals surface area contributed by atoms with Crippen molar-refractivity contribution < 1.29 is 0 Å². The Balaban J connectivity index is 0.00000126. The van der Waals surface area contributed by atoms with Crippen LogP contribution in [0.4, 0.5) is 0 Å². The Morgan fingerprint density at radius 1 is 1.19 bits per heavy atom.